The van der Waals surface area contributed by atoms with Crippen LogP contribution in [0.4, 0.5) is 13.2 Å². The van der Waals surface area contributed by atoms with Crippen LogP contribution in [0.5, 0.6) is 0 Å². The smallest absolute Gasteiger partial charge is 0.271 e. The van der Waals surface area contributed by atoms with Gasteiger partial charge in [-0.15, -0.1) is 0 Å². The molecule has 2 nitrogen and oxygen atoms in total. The lowest BCUT2D eigenvalue weighted by atomic mass is 10.0. The Morgan fingerprint density at radius 2 is 1.79 bits per heavy atom. The van der Waals surface area contributed by atoms with Gasteiger partial charge in [-0.1, -0.05) is 39.0 Å². The zero-order chi connectivity index (χ0) is 14.7. The van der Waals surface area contributed by atoms with Gasteiger partial charge in [-0.05, 0) is 11.6 Å². The van der Waals surface area contributed by atoms with Crippen molar-refractivity contribution in [3.8, 4) is 0 Å². The molecule has 1 aromatic rings. The second-order valence-electron chi connectivity index (χ2n) is 5.23. The summed E-state index contributed by atoms with van der Waals surface area (Å²) in [6, 6.07) is 5.01. The van der Waals surface area contributed by atoms with Crippen LogP contribution < -0.4 is 11.3 Å². The van der Waals surface area contributed by atoms with Crippen molar-refractivity contribution in [3.63, 3.8) is 0 Å². The van der Waals surface area contributed by atoms with E-state index >= 15 is 0 Å². The molecule has 0 bridgehead atoms. The molecular formula is C13H19F3N2S. The summed E-state index contributed by atoms with van der Waals surface area (Å²) in [4.78, 5) is 0. The highest BCUT2D eigenvalue weighted by Crippen LogP contribution is 2.36. The summed E-state index contributed by atoms with van der Waals surface area (Å²) in [5, 5.41) is 0. The number of alkyl halides is 3. The normalized spacial score (nSPS) is 14.5. The molecule has 1 rings (SSSR count). The topological polar surface area (TPSA) is 38.0 Å². The number of nitrogens with one attached hydrogen (secondary N) is 1. The second kappa shape index (κ2) is 6.15. The van der Waals surface area contributed by atoms with Crippen molar-refractivity contribution < 1.29 is 13.2 Å². The minimum Gasteiger partial charge on any atom is -0.271 e. The first kappa shape index (κ1) is 16.3. The van der Waals surface area contributed by atoms with Gasteiger partial charge < -0.3 is 0 Å². The molecule has 0 heterocycles. The van der Waals surface area contributed by atoms with Gasteiger partial charge in [0.15, 0.2) is 0 Å². The number of hydrogen-bond donors (Lipinski definition) is 2. The maximum atomic E-state index is 12.9. The van der Waals surface area contributed by atoms with Gasteiger partial charge in [-0.25, -0.2) is 0 Å². The SMILES string of the molecule is CC(C)(C)SCC(NN)c1ccccc1C(F)(F)F. The van der Waals surface area contributed by atoms with Crippen LogP contribution in [-0.4, -0.2) is 10.5 Å². The first-order chi connectivity index (χ1) is 8.65. The number of halogens is 3. The van der Waals surface area contributed by atoms with Gasteiger partial charge >= 0.3 is 6.18 Å². The molecule has 108 valence electrons. The fourth-order valence-electron chi connectivity index (χ4n) is 1.62. The van der Waals surface area contributed by atoms with Crippen LogP contribution in [0.1, 0.15) is 37.9 Å². The molecule has 3 N–H and O–H groups in total. The van der Waals surface area contributed by atoms with E-state index in [4.69, 9.17) is 5.84 Å². The average molecular weight is 292 g/mol. The van der Waals surface area contributed by atoms with Gasteiger partial charge in [0, 0.05) is 10.5 Å². The molecule has 0 aliphatic carbocycles. The van der Waals surface area contributed by atoms with Crippen molar-refractivity contribution in [2.75, 3.05) is 5.75 Å². The predicted octanol–water partition coefficient (Wildman–Crippen LogP) is 3.74. The van der Waals surface area contributed by atoms with E-state index < -0.39 is 17.8 Å². The summed E-state index contributed by atoms with van der Waals surface area (Å²) in [6.45, 7) is 6.04. The number of benzene rings is 1. The first-order valence-electron chi connectivity index (χ1n) is 5.91. The Morgan fingerprint density at radius 3 is 2.26 bits per heavy atom. The minimum atomic E-state index is -4.36. The molecule has 19 heavy (non-hydrogen) atoms. The number of nitrogens with two attached hydrogens (primary N) is 1. The number of thioether (sulfide) groups is 1. The third kappa shape index (κ3) is 5.04. The Hall–Kier alpha value is -0.720. The van der Waals surface area contributed by atoms with Crippen LogP contribution in [0, 0.1) is 0 Å². The lowest BCUT2D eigenvalue weighted by molar-refractivity contribution is -0.138. The Balaban J connectivity index is 2.99. The summed E-state index contributed by atoms with van der Waals surface area (Å²) in [5.74, 6) is 5.89. The number of hydrogen-bond acceptors (Lipinski definition) is 3. The van der Waals surface area contributed by atoms with Crippen molar-refractivity contribution >= 4 is 11.8 Å². The fourth-order valence-corrected chi connectivity index (χ4v) is 2.56. The molecule has 1 atom stereocenters. The fraction of sp³-hybridized carbons (Fsp3) is 0.538. The lowest BCUT2D eigenvalue weighted by Crippen LogP contribution is -2.32. The van der Waals surface area contributed by atoms with Gasteiger partial charge in [0.2, 0.25) is 0 Å². The van der Waals surface area contributed by atoms with Crippen LogP contribution in [0.25, 0.3) is 0 Å². The molecule has 1 unspecified atom stereocenters. The van der Waals surface area contributed by atoms with Gasteiger partial charge in [0.1, 0.15) is 0 Å². The van der Waals surface area contributed by atoms with Gasteiger partial charge in [-0.2, -0.15) is 24.9 Å². The molecule has 0 spiro atoms. The molecule has 0 amide bonds. The number of rotatable bonds is 4. The average Bonchev–Trinajstić information content (AvgIpc) is 2.27. The van der Waals surface area contributed by atoms with Crippen molar-refractivity contribution in [1.29, 1.82) is 0 Å². The van der Waals surface area contributed by atoms with Gasteiger partial charge in [0.05, 0.1) is 11.6 Å². The highest BCUT2D eigenvalue weighted by Gasteiger charge is 2.34. The zero-order valence-electron chi connectivity index (χ0n) is 11.2. The lowest BCUT2D eigenvalue weighted by Gasteiger charge is -2.24. The van der Waals surface area contributed by atoms with E-state index in [0.717, 1.165) is 6.07 Å². The van der Waals surface area contributed by atoms with Crippen molar-refractivity contribution in [2.24, 2.45) is 5.84 Å². The first-order valence-corrected chi connectivity index (χ1v) is 6.90. The Kier molecular flexibility index (Phi) is 5.29. The van der Waals surface area contributed by atoms with Crippen LogP contribution in [0.2, 0.25) is 0 Å². The molecule has 0 radical (unpaired) electrons. The molecule has 0 saturated heterocycles. The summed E-state index contributed by atoms with van der Waals surface area (Å²) in [7, 11) is 0. The van der Waals surface area contributed by atoms with Crippen molar-refractivity contribution in [2.45, 2.75) is 37.7 Å². The van der Waals surface area contributed by atoms with E-state index in [1.165, 1.54) is 12.1 Å². The highest BCUT2D eigenvalue weighted by molar-refractivity contribution is 8.00. The molecule has 0 aliphatic heterocycles. The van der Waals surface area contributed by atoms with Crippen molar-refractivity contribution in [3.05, 3.63) is 35.4 Å². The van der Waals surface area contributed by atoms with E-state index in [1.807, 2.05) is 20.8 Å². The monoisotopic (exact) mass is 292 g/mol. The summed E-state index contributed by atoms with van der Waals surface area (Å²) >= 11 is 1.57. The zero-order valence-corrected chi connectivity index (χ0v) is 12.0. The second-order valence-corrected chi connectivity index (χ2v) is 7.07. The van der Waals surface area contributed by atoms with E-state index in [-0.39, 0.29) is 10.3 Å². The Morgan fingerprint density at radius 1 is 1.21 bits per heavy atom. The maximum Gasteiger partial charge on any atom is 0.416 e. The molecule has 6 heteroatoms. The molecule has 0 aliphatic rings. The molecular weight excluding hydrogens is 273 g/mol. The molecule has 0 aromatic heterocycles. The van der Waals surface area contributed by atoms with Gasteiger partial charge in [0.25, 0.3) is 0 Å². The standard InChI is InChI=1S/C13H19F3N2S/c1-12(2,3)19-8-11(18-17)9-6-4-5-7-10(9)13(14,15)16/h4-7,11,18H,8,17H2,1-3H3. The third-order valence-electron chi connectivity index (χ3n) is 2.53. The maximum absolute atomic E-state index is 12.9. The highest BCUT2D eigenvalue weighted by atomic mass is 32.2. The van der Waals surface area contributed by atoms with E-state index in [2.05, 4.69) is 5.43 Å². The Bertz CT molecular complexity index is 413. The molecule has 1 aromatic carbocycles. The van der Waals surface area contributed by atoms with Gasteiger partial charge in [-0.3, -0.25) is 11.3 Å². The summed E-state index contributed by atoms with van der Waals surface area (Å²) in [6.07, 6.45) is -4.36. The Labute approximate surface area is 115 Å². The van der Waals surface area contributed by atoms with E-state index in [0.29, 0.717) is 5.75 Å². The van der Waals surface area contributed by atoms with Crippen LogP contribution in [0.3, 0.4) is 0 Å². The van der Waals surface area contributed by atoms with Crippen molar-refractivity contribution in [1.82, 2.24) is 5.43 Å². The quantitative estimate of drug-likeness (QED) is 0.656. The largest absolute Gasteiger partial charge is 0.416 e. The van der Waals surface area contributed by atoms with Crippen LogP contribution >= 0.6 is 11.8 Å². The molecule has 0 fully saturated rings. The molecule has 0 saturated carbocycles. The number of hydrazine groups is 1. The van der Waals surface area contributed by atoms with E-state index in [9.17, 15) is 13.2 Å². The van der Waals surface area contributed by atoms with E-state index in [1.54, 1.807) is 17.8 Å². The minimum absolute atomic E-state index is 0.0255. The third-order valence-corrected chi connectivity index (χ3v) is 3.89. The summed E-state index contributed by atoms with van der Waals surface area (Å²) < 4.78 is 38.8. The van der Waals surface area contributed by atoms with Crippen LogP contribution in [-0.2, 0) is 6.18 Å². The summed E-state index contributed by atoms with van der Waals surface area (Å²) in [5.41, 5.74) is 2.04. The van der Waals surface area contributed by atoms with Crippen LogP contribution in [0.15, 0.2) is 24.3 Å². The predicted molar refractivity (Wildman–Crippen MR) is 73.7 cm³/mol.